The Morgan fingerprint density at radius 3 is 2.70 bits per heavy atom. The molecule has 6 heteroatoms. The summed E-state index contributed by atoms with van der Waals surface area (Å²) in [5, 5.41) is 0. The fraction of sp³-hybridized carbons (Fsp3) is 0.143. The first kappa shape index (κ1) is 12.4. The molecule has 2 N–H and O–H groups in total. The molecule has 0 atom stereocenters. The van der Waals surface area contributed by atoms with Gasteiger partial charge in [-0.25, -0.2) is 9.37 Å². The molecule has 0 bridgehead atoms. The average Bonchev–Trinajstić information content (AvgIpc) is 2.74. The van der Waals surface area contributed by atoms with E-state index in [0.29, 0.717) is 22.7 Å². The van der Waals surface area contributed by atoms with Gasteiger partial charge in [-0.1, -0.05) is 6.07 Å². The number of aromatic nitrogens is 3. The minimum atomic E-state index is -0.374. The van der Waals surface area contributed by atoms with Crippen LogP contribution in [0.4, 0.5) is 10.3 Å². The summed E-state index contributed by atoms with van der Waals surface area (Å²) in [6, 6.07) is 8.33. The topological polar surface area (TPSA) is 66.0 Å². The van der Waals surface area contributed by atoms with Crippen molar-refractivity contribution in [1.29, 1.82) is 0 Å². The van der Waals surface area contributed by atoms with Crippen LogP contribution in [0, 0.1) is 12.7 Å². The molecule has 0 aliphatic heterocycles. The Balaban J connectivity index is 2.31. The molecular formula is C14H13FN4O. The molecule has 2 aromatic heterocycles. The van der Waals surface area contributed by atoms with E-state index in [2.05, 4.69) is 9.97 Å². The van der Waals surface area contributed by atoms with Crippen LogP contribution in [0.5, 0.6) is 5.88 Å². The number of hydrogen-bond donors (Lipinski definition) is 1. The van der Waals surface area contributed by atoms with Crippen LogP contribution in [0.2, 0.25) is 0 Å². The molecule has 0 fully saturated rings. The van der Waals surface area contributed by atoms with Crippen molar-refractivity contribution in [3.05, 3.63) is 41.7 Å². The highest BCUT2D eigenvalue weighted by Crippen LogP contribution is 2.25. The third-order valence-electron chi connectivity index (χ3n) is 3.06. The van der Waals surface area contributed by atoms with Crippen LogP contribution < -0.4 is 10.5 Å². The lowest BCUT2D eigenvalue weighted by Crippen LogP contribution is -2.04. The van der Waals surface area contributed by atoms with Gasteiger partial charge in [0.1, 0.15) is 11.3 Å². The SMILES string of the molecule is COc1ccc2nc(N)n(-c3ccc(C)cc3F)c2n1. The van der Waals surface area contributed by atoms with Crippen LogP contribution in [0.1, 0.15) is 5.56 Å². The van der Waals surface area contributed by atoms with Gasteiger partial charge in [-0.2, -0.15) is 4.98 Å². The van der Waals surface area contributed by atoms with Gasteiger partial charge in [0.15, 0.2) is 5.65 Å². The van der Waals surface area contributed by atoms with Gasteiger partial charge >= 0.3 is 0 Å². The number of ether oxygens (including phenoxy) is 1. The van der Waals surface area contributed by atoms with Gasteiger partial charge in [-0.15, -0.1) is 0 Å². The monoisotopic (exact) mass is 272 g/mol. The maximum absolute atomic E-state index is 14.1. The van der Waals surface area contributed by atoms with E-state index in [9.17, 15) is 4.39 Å². The van der Waals surface area contributed by atoms with Crippen LogP contribution in [0.3, 0.4) is 0 Å². The van der Waals surface area contributed by atoms with E-state index in [-0.39, 0.29) is 11.8 Å². The Bertz CT molecular complexity index is 797. The van der Waals surface area contributed by atoms with Crippen molar-refractivity contribution in [2.24, 2.45) is 0 Å². The number of anilines is 1. The van der Waals surface area contributed by atoms with Crippen molar-refractivity contribution in [2.45, 2.75) is 6.92 Å². The average molecular weight is 272 g/mol. The van der Waals surface area contributed by atoms with Gasteiger partial charge in [0.05, 0.1) is 12.8 Å². The van der Waals surface area contributed by atoms with Crippen molar-refractivity contribution in [3.8, 4) is 11.6 Å². The van der Waals surface area contributed by atoms with Crippen molar-refractivity contribution in [1.82, 2.24) is 14.5 Å². The lowest BCUT2D eigenvalue weighted by atomic mass is 10.2. The number of rotatable bonds is 2. The number of nitrogens with two attached hydrogens (primary N) is 1. The Kier molecular flexibility index (Phi) is 2.78. The molecule has 0 spiro atoms. The van der Waals surface area contributed by atoms with E-state index in [4.69, 9.17) is 10.5 Å². The van der Waals surface area contributed by atoms with Crippen LogP contribution in [-0.2, 0) is 0 Å². The molecule has 0 saturated heterocycles. The lowest BCUT2D eigenvalue weighted by molar-refractivity contribution is 0.399. The predicted molar refractivity (Wildman–Crippen MR) is 74.5 cm³/mol. The summed E-state index contributed by atoms with van der Waals surface area (Å²) in [7, 11) is 1.52. The molecule has 3 aromatic rings. The highest BCUT2D eigenvalue weighted by molar-refractivity contribution is 5.77. The van der Waals surface area contributed by atoms with E-state index in [1.165, 1.54) is 17.7 Å². The molecule has 0 radical (unpaired) electrons. The highest BCUT2D eigenvalue weighted by atomic mass is 19.1. The van der Waals surface area contributed by atoms with E-state index in [0.717, 1.165) is 5.56 Å². The Morgan fingerprint density at radius 2 is 2.00 bits per heavy atom. The first-order chi connectivity index (χ1) is 9.60. The number of benzene rings is 1. The van der Waals surface area contributed by atoms with Crippen LogP contribution in [-0.4, -0.2) is 21.6 Å². The normalized spacial score (nSPS) is 10.9. The number of hydrogen-bond acceptors (Lipinski definition) is 4. The van der Waals surface area contributed by atoms with Crippen molar-refractivity contribution in [2.75, 3.05) is 12.8 Å². The summed E-state index contributed by atoms with van der Waals surface area (Å²) in [5.74, 6) is 0.232. The third-order valence-corrected chi connectivity index (χ3v) is 3.06. The summed E-state index contributed by atoms with van der Waals surface area (Å²) in [4.78, 5) is 8.47. The van der Waals surface area contributed by atoms with Crippen LogP contribution in [0.25, 0.3) is 16.9 Å². The largest absolute Gasteiger partial charge is 0.481 e. The highest BCUT2D eigenvalue weighted by Gasteiger charge is 2.15. The summed E-state index contributed by atoms with van der Waals surface area (Å²) in [5.41, 5.74) is 8.09. The molecule has 5 nitrogen and oxygen atoms in total. The molecule has 0 aliphatic rings. The summed E-state index contributed by atoms with van der Waals surface area (Å²) in [6.07, 6.45) is 0. The summed E-state index contributed by atoms with van der Waals surface area (Å²) in [6.45, 7) is 1.82. The summed E-state index contributed by atoms with van der Waals surface area (Å²) < 4.78 is 20.7. The lowest BCUT2D eigenvalue weighted by Gasteiger charge is -2.08. The smallest absolute Gasteiger partial charge is 0.215 e. The maximum atomic E-state index is 14.1. The second-order valence-electron chi connectivity index (χ2n) is 4.46. The fourth-order valence-electron chi connectivity index (χ4n) is 2.10. The molecule has 2 heterocycles. The molecule has 102 valence electrons. The fourth-order valence-corrected chi connectivity index (χ4v) is 2.10. The van der Waals surface area contributed by atoms with Crippen molar-refractivity contribution < 1.29 is 9.13 Å². The standard InChI is InChI=1S/C14H13FN4O/c1-8-3-5-11(9(15)7-8)19-13-10(17-14(19)16)4-6-12(18-13)20-2/h3-7H,1-2H3,(H2,16,17). The molecular weight excluding hydrogens is 259 g/mol. The number of imidazole rings is 1. The maximum Gasteiger partial charge on any atom is 0.215 e. The van der Waals surface area contributed by atoms with Crippen LogP contribution in [0.15, 0.2) is 30.3 Å². The van der Waals surface area contributed by atoms with Crippen LogP contribution >= 0.6 is 0 Å². The number of methoxy groups -OCH3 is 1. The van der Waals surface area contributed by atoms with Gasteiger partial charge in [0.2, 0.25) is 11.8 Å². The zero-order valence-electron chi connectivity index (χ0n) is 11.1. The van der Waals surface area contributed by atoms with E-state index in [1.54, 1.807) is 18.2 Å². The molecule has 0 aliphatic carbocycles. The van der Waals surface area contributed by atoms with Gasteiger partial charge in [-0.3, -0.25) is 4.57 Å². The van der Waals surface area contributed by atoms with Gasteiger partial charge in [-0.05, 0) is 30.7 Å². The third kappa shape index (κ3) is 1.85. The second kappa shape index (κ2) is 4.48. The molecule has 1 aromatic carbocycles. The zero-order chi connectivity index (χ0) is 14.3. The first-order valence-electron chi connectivity index (χ1n) is 6.05. The molecule has 0 saturated carbocycles. The predicted octanol–water partition coefficient (Wildman–Crippen LogP) is 2.46. The van der Waals surface area contributed by atoms with E-state index < -0.39 is 0 Å². The van der Waals surface area contributed by atoms with Crippen molar-refractivity contribution in [3.63, 3.8) is 0 Å². The van der Waals surface area contributed by atoms with Gasteiger partial charge < -0.3 is 10.5 Å². The number of aryl methyl sites for hydroxylation is 1. The summed E-state index contributed by atoms with van der Waals surface area (Å²) >= 11 is 0. The molecule has 3 rings (SSSR count). The second-order valence-corrected chi connectivity index (χ2v) is 4.46. The molecule has 0 unspecified atom stereocenters. The Labute approximate surface area is 114 Å². The Hall–Kier alpha value is -2.63. The number of pyridine rings is 1. The van der Waals surface area contributed by atoms with Crippen molar-refractivity contribution >= 4 is 17.1 Å². The van der Waals surface area contributed by atoms with Gasteiger partial charge in [0.25, 0.3) is 0 Å². The number of halogens is 1. The minimum absolute atomic E-state index is 0.184. The van der Waals surface area contributed by atoms with E-state index in [1.807, 2.05) is 13.0 Å². The minimum Gasteiger partial charge on any atom is -0.481 e. The first-order valence-corrected chi connectivity index (χ1v) is 6.05. The Morgan fingerprint density at radius 1 is 1.20 bits per heavy atom. The number of nitrogens with zero attached hydrogens (tertiary/aromatic N) is 3. The van der Waals surface area contributed by atoms with E-state index >= 15 is 0 Å². The molecule has 0 amide bonds. The molecule has 20 heavy (non-hydrogen) atoms. The quantitative estimate of drug-likeness (QED) is 0.778. The zero-order valence-corrected chi connectivity index (χ0v) is 11.1. The number of nitrogen functional groups attached to an aromatic ring is 1. The number of fused-ring (bicyclic) bond motifs is 1. The van der Waals surface area contributed by atoms with Gasteiger partial charge in [0, 0.05) is 6.07 Å².